The Bertz CT molecular complexity index is 1570. The number of esters is 1. The Balaban J connectivity index is 1.89. The Hall–Kier alpha value is -4.26. The fourth-order valence-electron chi connectivity index (χ4n) is 3.48. The predicted molar refractivity (Wildman–Crippen MR) is 130 cm³/mol. The van der Waals surface area contributed by atoms with E-state index in [1.165, 1.54) is 35.2 Å². The minimum Gasteiger partial charge on any atom is -0.462 e. The molecule has 0 aliphatic rings. The summed E-state index contributed by atoms with van der Waals surface area (Å²) in [6, 6.07) is 5.81. The zero-order valence-corrected chi connectivity index (χ0v) is 20.6. The second-order valence-electron chi connectivity index (χ2n) is 7.78. The van der Waals surface area contributed by atoms with Crippen LogP contribution in [0.5, 0.6) is 0 Å². The molecule has 4 rings (SSSR count). The van der Waals surface area contributed by atoms with Gasteiger partial charge in [0.05, 0.1) is 11.6 Å². The molecular formula is C24H19ClF4N6O3. The Morgan fingerprint density at radius 1 is 1.18 bits per heavy atom. The number of carbonyl (C=O) groups is 1. The molecule has 0 unspecified atom stereocenters. The number of ether oxygens (including phenoxy) is 1. The number of nitrogens with zero attached hydrogens (tertiary/aromatic N) is 5. The summed E-state index contributed by atoms with van der Waals surface area (Å²) in [6.07, 6.45) is -0.931. The molecule has 14 heteroatoms. The number of rotatable bonds is 7. The van der Waals surface area contributed by atoms with Gasteiger partial charge in [0, 0.05) is 41.9 Å². The average Bonchev–Trinajstić information content (AvgIpc) is 3.38. The predicted octanol–water partition coefficient (Wildman–Crippen LogP) is 5.24. The molecule has 0 atom stereocenters. The summed E-state index contributed by atoms with van der Waals surface area (Å²) in [5.41, 5.74) is -1.29. The number of aryl methyl sites for hydroxylation is 1. The highest BCUT2D eigenvalue weighted by Gasteiger charge is 2.34. The maximum atomic E-state index is 13.5. The van der Waals surface area contributed by atoms with Crippen molar-refractivity contribution in [3.63, 3.8) is 0 Å². The molecule has 3 heterocycles. The van der Waals surface area contributed by atoms with E-state index in [0.717, 1.165) is 23.0 Å². The van der Waals surface area contributed by atoms with Gasteiger partial charge in [0.2, 0.25) is 5.95 Å². The lowest BCUT2D eigenvalue weighted by Crippen LogP contribution is -2.27. The van der Waals surface area contributed by atoms with Crippen molar-refractivity contribution in [3.05, 3.63) is 81.4 Å². The average molecular weight is 551 g/mol. The van der Waals surface area contributed by atoms with Crippen LogP contribution in [-0.2, 0) is 17.5 Å². The van der Waals surface area contributed by atoms with E-state index in [-0.39, 0.29) is 46.6 Å². The third-order valence-electron chi connectivity index (χ3n) is 5.27. The number of alkyl halides is 3. The molecule has 0 aliphatic heterocycles. The van der Waals surface area contributed by atoms with Gasteiger partial charge in [-0.15, -0.1) is 0 Å². The lowest BCUT2D eigenvalue weighted by Gasteiger charge is -2.14. The highest BCUT2D eigenvalue weighted by molar-refractivity contribution is 6.31. The van der Waals surface area contributed by atoms with Crippen LogP contribution >= 0.6 is 11.6 Å². The Morgan fingerprint density at radius 3 is 2.58 bits per heavy atom. The first-order chi connectivity index (χ1) is 18.0. The van der Waals surface area contributed by atoms with Crippen molar-refractivity contribution in [1.82, 2.24) is 24.3 Å². The van der Waals surface area contributed by atoms with Gasteiger partial charge in [-0.1, -0.05) is 11.6 Å². The topological polar surface area (TPSA) is 104 Å². The number of hydrogen-bond acceptors (Lipinski definition) is 7. The fourth-order valence-corrected chi connectivity index (χ4v) is 3.66. The molecule has 38 heavy (non-hydrogen) atoms. The molecule has 198 valence electrons. The number of aromatic nitrogens is 5. The third-order valence-corrected chi connectivity index (χ3v) is 5.56. The zero-order chi connectivity index (χ0) is 27.6. The molecule has 0 saturated carbocycles. The molecule has 3 aromatic heterocycles. The standard InChI is InChI=1S/C24H19ClF4N6O3/c1-3-34-12-13(9-15(21(34)36)22(37)38-4-2)16-11-30-23(31-14-5-6-18(26)17(25)10-14)32-20(16)35-8-7-19(33-35)24(27,28)29/h5-12H,3-4H2,1-2H3,(H,30,31,32). The van der Waals surface area contributed by atoms with Crippen molar-refractivity contribution in [2.75, 3.05) is 11.9 Å². The first-order valence-corrected chi connectivity index (χ1v) is 11.5. The van der Waals surface area contributed by atoms with Gasteiger partial charge in [0.15, 0.2) is 11.5 Å². The summed E-state index contributed by atoms with van der Waals surface area (Å²) >= 11 is 5.82. The fraction of sp³-hybridized carbons (Fsp3) is 0.208. The van der Waals surface area contributed by atoms with Crippen LogP contribution < -0.4 is 10.9 Å². The quantitative estimate of drug-likeness (QED) is 0.248. The molecule has 0 amide bonds. The van der Waals surface area contributed by atoms with Crippen LogP contribution in [0.25, 0.3) is 16.9 Å². The van der Waals surface area contributed by atoms with E-state index in [1.807, 2.05) is 0 Å². The molecule has 1 aromatic carbocycles. The van der Waals surface area contributed by atoms with Crippen LogP contribution in [0.3, 0.4) is 0 Å². The van der Waals surface area contributed by atoms with Crippen molar-refractivity contribution in [1.29, 1.82) is 0 Å². The summed E-state index contributed by atoms with van der Waals surface area (Å²) in [5, 5.41) is 6.25. The van der Waals surface area contributed by atoms with Gasteiger partial charge in [0.1, 0.15) is 11.4 Å². The van der Waals surface area contributed by atoms with Crippen molar-refractivity contribution >= 4 is 29.2 Å². The van der Waals surface area contributed by atoms with Gasteiger partial charge < -0.3 is 14.6 Å². The lowest BCUT2D eigenvalue weighted by molar-refractivity contribution is -0.141. The van der Waals surface area contributed by atoms with Crippen molar-refractivity contribution < 1.29 is 27.1 Å². The third kappa shape index (κ3) is 5.52. The molecule has 0 spiro atoms. The van der Waals surface area contributed by atoms with Crippen molar-refractivity contribution in [3.8, 4) is 16.9 Å². The van der Waals surface area contributed by atoms with E-state index in [0.29, 0.717) is 5.69 Å². The molecule has 4 aromatic rings. The highest BCUT2D eigenvalue weighted by Crippen LogP contribution is 2.31. The van der Waals surface area contributed by atoms with E-state index >= 15 is 0 Å². The van der Waals surface area contributed by atoms with E-state index in [1.54, 1.807) is 13.8 Å². The summed E-state index contributed by atoms with van der Waals surface area (Å²) in [5.74, 6) is -1.66. The summed E-state index contributed by atoms with van der Waals surface area (Å²) in [4.78, 5) is 33.7. The minimum absolute atomic E-state index is 0.0320. The maximum absolute atomic E-state index is 13.5. The Morgan fingerprint density at radius 2 is 1.95 bits per heavy atom. The van der Waals surface area contributed by atoms with E-state index < -0.39 is 29.2 Å². The van der Waals surface area contributed by atoms with Gasteiger partial charge in [-0.25, -0.2) is 18.9 Å². The van der Waals surface area contributed by atoms with Gasteiger partial charge in [-0.2, -0.15) is 23.3 Å². The van der Waals surface area contributed by atoms with E-state index in [4.69, 9.17) is 16.3 Å². The van der Waals surface area contributed by atoms with Crippen LogP contribution in [0.2, 0.25) is 5.02 Å². The van der Waals surface area contributed by atoms with Gasteiger partial charge in [0.25, 0.3) is 5.56 Å². The van der Waals surface area contributed by atoms with Crippen molar-refractivity contribution in [2.45, 2.75) is 26.6 Å². The highest BCUT2D eigenvalue weighted by atomic mass is 35.5. The molecular weight excluding hydrogens is 532 g/mol. The summed E-state index contributed by atoms with van der Waals surface area (Å²) < 4.78 is 60.5. The second kappa shape index (κ2) is 10.6. The minimum atomic E-state index is -4.71. The molecule has 0 aliphatic carbocycles. The first-order valence-electron chi connectivity index (χ1n) is 11.2. The normalized spacial score (nSPS) is 11.4. The number of pyridine rings is 1. The van der Waals surface area contributed by atoms with Crippen LogP contribution in [0, 0.1) is 5.82 Å². The smallest absolute Gasteiger partial charge is 0.435 e. The van der Waals surface area contributed by atoms with E-state index in [9.17, 15) is 27.2 Å². The number of anilines is 2. The first kappa shape index (κ1) is 26.8. The number of hydrogen-bond donors (Lipinski definition) is 1. The van der Waals surface area contributed by atoms with Gasteiger partial charge in [-0.3, -0.25) is 4.79 Å². The van der Waals surface area contributed by atoms with Crippen molar-refractivity contribution in [2.24, 2.45) is 0 Å². The largest absolute Gasteiger partial charge is 0.462 e. The molecule has 0 saturated heterocycles. The molecule has 0 bridgehead atoms. The Kier molecular flexibility index (Phi) is 7.49. The van der Waals surface area contributed by atoms with Crippen LogP contribution in [0.15, 0.2) is 53.7 Å². The molecule has 0 fully saturated rings. The SMILES string of the molecule is CCOC(=O)c1cc(-c2cnc(Nc3ccc(F)c(Cl)c3)nc2-n2ccc(C(F)(F)F)n2)cn(CC)c1=O. The van der Waals surface area contributed by atoms with Crippen LogP contribution in [0.4, 0.5) is 29.2 Å². The maximum Gasteiger partial charge on any atom is 0.435 e. The lowest BCUT2D eigenvalue weighted by atomic mass is 10.1. The number of benzene rings is 1. The zero-order valence-electron chi connectivity index (χ0n) is 19.9. The number of halogens is 5. The van der Waals surface area contributed by atoms with E-state index in [2.05, 4.69) is 20.4 Å². The number of carbonyl (C=O) groups excluding carboxylic acids is 1. The second-order valence-corrected chi connectivity index (χ2v) is 8.19. The monoisotopic (exact) mass is 550 g/mol. The summed E-state index contributed by atoms with van der Waals surface area (Å²) in [6.45, 7) is 3.49. The van der Waals surface area contributed by atoms with Crippen LogP contribution in [0.1, 0.15) is 29.9 Å². The summed E-state index contributed by atoms with van der Waals surface area (Å²) in [7, 11) is 0. The van der Waals surface area contributed by atoms with Gasteiger partial charge in [-0.05, 0) is 44.2 Å². The molecule has 0 radical (unpaired) electrons. The molecule has 9 nitrogen and oxygen atoms in total. The van der Waals surface area contributed by atoms with Crippen LogP contribution in [-0.4, -0.2) is 36.9 Å². The molecule has 1 N–H and O–H groups in total. The Labute approximate surface area is 217 Å². The number of nitrogens with one attached hydrogen (secondary N) is 1. The van der Waals surface area contributed by atoms with Gasteiger partial charge >= 0.3 is 12.1 Å².